The third-order valence-electron chi connectivity index (χ3n) is 3.23. The molecular formula is C14H30O2. The lowest BCUT2D eigenvalue weighted by Gasteiger charge is -2.09. The first kappa shape index (κ1) is 15.9. The summed E-state index contributed by atoms with van der Waals surface area (Å²) in [6.07, 6.45) is 12.9. The molecule has 0 spiro atoms. The normalized spacial score (nSPS) is 11.2. The van der Waals surface area contributed by atoms with Crippen molar-refractivity contribution in [2.24, 2.45) is 5.92 Å². The quantitative estimate of drug-likeness (QED) is 0.504. The molecule has 0 aliphatic heterocycles. The van der Waals surface area contributed by atoms with Gasteiger partial charge in [0.15, 0.2) is 0 Å². The molecule has 0 atom stereocenters. The zero-order valence-corrected chi connectivity index (χ0v) is 11.0. The van der Waals surface area contributed by atoms with Gasteiger partial charge in [0.05, 0.1) is 0 Å². The second kappa shape index (κ2) is 13.0. The molecule has 0 aromatic rings. The van der Waals surface area contributed by atoms with Crippen LogP contribution in [0.25, 0.3) is 0 Å². The minimum atomic E-state index is 0.115. The van der Waals surface area contributed by atoms with E-state index in [-0.39, 0.29) is 19.1 Å². The fourth-order valence-corrected chi connectivity index (χ4v) is 1.98. The Kier molecular flexibility index (Phi) is 12.9. The van der Waals surface area contributed by atoms with Crippen LogP contribution in [0.1, 0.15) is 71.1 Å². The van der Waals surface area contributed by atoms with E-state index in [9.17, 15) is 0 Å². The van der Waals surface area contributed by atoms with Crippen molar-refractivity contribution in [2.45, 2.75) is 71.1 Å². The monoisotopic (exact) mass is 230 g/mol. The maximum Gasteiger partial charge on any atom is 0.0481 e. The predicted molar refractivity (Wildman–Crippen MR) is 69.5 cm³/mol. The van der Waals surface area contributed by atoms with Gasteiger partial charge < -0.3 is 10.2 Å². The highest BCUT2D eigenvalue weighted by Crippen LogP contribution is 2.13. The Morgan fingerprint density at radius 3 is 1.56 bits per heavy atom. The first-order valence-corrected chi connectivity index (χ1v) is 7.06. The maximum absolute atomic E-state index is 8.89. The third-order valence-corrected chi connectivity index (χ3v) is 3.23. The Morgan fingerprint density at radius 2 is 1.12 bits per heavy atom. The van der Waals surface area contributed by atoms with Gasteiger partial charge in [0.25, 0.3) is 0 Å². The Balaban J connectivity index is 3.03. The van der Waals surface area contributed by atoms with Crippen molar-refractivity contribution >= 4 is 0 Å². The number of hydrogen-bond acceptors (Lipinski definition) is 2. The van der Waals surface area contributed by atoms with Crippen LogP contribution in [0.15, 0.2) is 0 Å². The maximum atomic E-state index is 8.89. The molecule has 0 aromatic heterocycles. The second-order valence-corrected chi connectivity index (χ2v) is 4.85. The minimum Gasteiger partial charge on any atom is -0.396 e. The van der Waals surface area contributed by atoms with Gasteiger partial charge in [-0.2, -0.15) is 0 Å². The van der Waals surface area contributed by atoms with Gasteiger partial charge in [-0.25, -0.2) is 0 Å². The van der Waals surface area contributed by atoms with Crippen LogP contribution in [0.5, 0.6) is 0 Å². The number of rotatable bonds is 12. The number of hydrogen-bond donors (Lipinski definition) is 2. The van der Waals surface area contributed by atoms with Crippen molar-refractivity contribution in [1.29, 1.82) is 0 Å². The summed E-state index contributed by atoms with van der Waals surface area (Å²) in [5.41, 5.74) is 0. The van der Waals surface area contributed by atoms with Crippen LogP contribution in [0, 0.1) is 5.92 Å². The highest BCUT2D eigenvalue weighted by atomic mass is 16.3. The molecule has 0 radical (unpaired) electrons. The highest BCUT2D eigenvalue weighted by Gasteiger charge is 2.04. The number of aliphatic hydroxyl groups is 2. The summed E-state index contributed by atoms with van der Waals surface area (Å²) in [7, 11) is 0. The van der Waals surface area contributed by atoms with E-state index >= 15 is 0 Å². The molecule has 0 aromatic carbocycles. The van der Waals surface area contributed by atoms with E-state index in [2.05, 4.69) is 6.92 Å². The van der Waals surface area contributed by atoms with E-state index < -0.39 is 0 Å². The lowest BCUT2D eigenvalue weighted by Crippen LogP contribution is -2.10. The molecule has 98 valence electrons. The van der Waals surface area contributed by atoms with Gasteiger partial charge in [0, 0.05) is 19.1 Å². The van der Waals surface area contributed by atoms with Gasteiger partial charge in [0.1, 0.15) is 0 Å². The van der Waals surface area contributed by atoms with E-state index in [0.29, 0.717) is 0 Å². The van der Waals surface area contributed by atoms with E-state index in [1.807, 2.05) is 0 Å². The molecule has 2 N–H and O–H groups in total. The highest BCUT2D eigenvalue weighted by molar-refractivity contribution is 4.56. The first-order chi connectivity index (χ1) is 7.85. The zero-order chi connectivity index (χ0) is 12.1. The van der Waals surface area contributed by atoms with E-state index in [4.69, 9.17) is 10.2 Å². The van der Waals surface area contributed by atoms with Crippen LogP contribution in [0.4, 0.5) is 0 Å². The molecule has 16 heavy (non-hydrogen) atoms. The Hall–Kier alpha value is -0.0800. The molecule has 0 rings (SSSR count). The smallest absolute Gasteiger partial charge is 0.0481 e. The molecule has 0 amide bonds. The van der Waals surface area contributed by atoms with Crippen LogP contribution >= 0.6 is 0 Å². The summed E-state index contributed by atoms with van der Waals surface area (Å²) in [6, 6.07) is 0. The molecule has 0 heterocycles. The molecule has 0 saturated heterocycles. The van der Waals surface area contributed by atoms with E-state index in [0.717, 1.165) is 12.8 Å². The summed E-state index contributed by atoms with van der Waals surface area (Å²) < 4.78 is 0. The van der Waals surface area contributed by atoms with E-state index in [1.165, 1.54) is 51.4 Å². The molecule has 0 fully saturated rings. The lowest BCUT2D eigenvalue weighted by atomic mass is 10.0. The van der Waals surface area contributed by atoms with Crippen molar-refractivity contribution < 1.29 is 10.2 Å². The second-order valence-electron chi connectivity index (χ2n) is 4.85. The Labute approximate surface area is 101 Å². The van der Waals surface area contributed by atoms with E-state index in [1.54, 1.807) is 0 Å². The topological polar surface area (TPSA) is 40.5 Å². The average molecular weight is 230 g/mol. The summed E-state index contributed by atoms with van der Waals surface area (Å²) >= 11 is 0. The van der Waals surface area contributed by atoms with Crippen LogP contribution in [-0.4, -0.2) is 23.4 Å². The Bertz CT molecular complexity index is 122. The SMILES string of the molecule is CCCCCCCCCCCC(CO)CO. The van der Waals surface area contributed by atoms with Crippen molar-refractivity contribution in [3.63, 3.8) is 0 Å². The van der Waals surface area contributed by atoms with Crippen molar-refractivity contribution in [3.8, 4) is 0 Å². The van der Waals surface area contributed by atoms with Crippen molar-refractivity contribution in [3.05, 3.63) is 0 Å². The molecule has 2 nitrogen and oxygen atoms in total. The summed E-state index contributed by atoms with van der Waals surface area (Å²) in [5, 5.41) is 17.8. The number of aliphatic hydroxyl groups excluding tert-OH is 2. The molecule has 0 saturated carbocycles. The van der Waals surface area contributed by atoms with Crippen LogP contribution in [0.3, 0.4) is 0 Å². The van der Waals surface area contributed by atoms with Crippen LogP contribution in [-0.2, 0) is 0 Å². The fourth-order valence-electron chi connectivity index (χ4n) is 1.98. The van der Waals surface area contributed by atoms with Gasteiger partial charge in [-0.3, -0.25) is 0 Å². The van der Waals surface area contributed by atoms with Gasteiger partial charge in [-0.15, -0.1) is 0 Å². The van der Waals surface area contributed by atoms with Crippen LogP contribution < -0.4 is 0 Å². The number of unbranched alkanes of at least 4 members (excludes halogenated alkanes) is 8. The molecule has 0 unspecified atom stereocenters. The van der Waals surface area contributed by atoms with Gasteiger partial charge >= 0.3 is 0 Å². The Morgan fingerprint density at radius 1 is 0.688 bits per heavy atom. The lowest BCUT2D eigenvalue weighted by molar-refractivity contribution is 0.141. The molecule has 0 bridgehead atoms. The largest absolute Gasteiger partial charge is 0.396 e. The standard InChI is InChI=1S/C14H30O2/c1-2-3-4-5-6-7-8-9-10-11-14(12-15)13-16/h14-16H,2-13H2,1H3. The minimum absolute atomic E-state index is 0.115. The average Bonchev–Trinajstić information content (AvgIpc) is 2.32. The molecular weight excluding hydrogens is 200 g/mol. The van der Waals surface area contributed by atoms with Gasteiger partial charge in [0.2, 0.25) is 0 Å². The zero-order valence-electron chi connectivity index (χ0n) is 11.0. The molecule has 0 aliphatic rings. The van der Waals surface area contributed by atoms with Crippen molar-refractivity contribution in [1.82, 2.24) is 0 Å². The summed E-state index contributed by atoms with van der Waals surface area (Å²) in [4.78, 5) is 0. The first-order valence-electron chi connectivity index (χ1n) is 7.06. The fraction of sp³-hybridized carbons (Fsp3) is 1.00. The summed E-state index contributed by atoms with van der Waals surface area (Å²) in [5.74, 6) is 0.115. The summed E-state index contributed by atoms with van der Waals surface area (Å²) in [6.45, 7) is 2.51. The molecule has 2 heteroatoms. The van der Waals surface area contributed by atoms with Crippen LogP contribution in [0.2, 0.25) is 0 Å². The van der Waals surface area contributed by atoms with Gasteiger partial charge in [-0.05, 0) is 6.42 Å². The van der Waals surface area contributed by atoms with Crippen molar-refractivity contribution in [2.75, 3.05) is 13.2 Å². The van der Waals surface area contributed by atoms with Gasteiger partial charge in [-0.1, -0.05) is 64.7 Å². The third kappa shape index (κ3) is 10.4. The molecule has 0 aliphatic carbocycles. The predicted octanol–water partition coefficient (Wildman–Crippen LogP) is 3.51.